The highest BCUT2D eigenvalue weighted by Crippen LogP contribution is 2.25. The maximum absolute atomic E-state index is 12.0. The van der Waals surface area contributed by atoms with Crippen molar-refractivity contribution in [1.82, 2.24) is 5.32 Å². The average Bonchev–Trinajstić information content (AvgIpc) is 2.42. The van der Waals surface area contributed by atoms with Crippen molar-refractivity contribution in [2.45, 2.75) is 19.8 Å². The van der Waals surface area contributed by atoms with Crippen molar-refractivity contribution in [3.63, 3.8) is 0 Å². The number of carbonyl (C=O) groups excluding carboxylic acids is 1. The lowest BCUT2D eigenvalue weighted by Crippen LogP contribution is -2.29. The number of methoxy groups -OCH3 is 1. The second-order valence-corrected chi connectivity index (χ2v) is 5.96. The molecule has 0 bridgehead atoms. The van der Waals surface area contributed by atoms with E-state index in [9.17, 15) is 4.79 Å². The summed E-state index contributed by atoms with van der Waals surface area (Å²) in [4.78, 5) is 12.0. The lowest BCUT2D eigenvalue weighted by atomic mass is 10.0. The van der Waals surface area contributed by atoms with Crippen molar-refractivity contribution in [2.24, 2.45) is 5.92 Å². The molecule has 0 saturated heterocycles. The minimum atomic E-state index is -0.0450. The van der Waals surface area contributed by atoms with Crippen LogP contribution in [-0.2, 0) is 0 Å². The number of alkyl halides is 1. The zero-order valence-corrected chi connectivity index (χ0v) is 14.4. The third-order valence-corrected chi connectivity index (χ3v) is 4.14. The Kier molecular flexibility index (Phi) is 7.46. The van der Waals surface area contributed by atoms with Crippen LogP contribution in [0.25, 0.3) is 0 Å². The highest BCUT2D eigenvalue weighted by molar-refractivity contribution is 9.10. The number of hydrogen-bond donors (Lipinski definition) is 1. The molecule has 1 atom stereocenters. The van der Waals surface area contributed by atoms with Crippen LogP contribution in [0, 0.1) is 5.92 Å². The van der Waals surface area contributed by atoms with Gasteiger partial charge in [-0.05, 0) is 46.5 Å². The van der Waals surface area contributed by atoms with E-state index < -0.39 is 0 Å². The van der Waals surface area contributed by atoms with Crippen LogP contribution in [0.3, 0.4) is 0 Å². The Morgan fingerprint density at radius 1 is 1.47 bits per heavy atom. The van der Waals surface area contributed by atoms with E-state index in [4.69, 9.17) is 4.74 Å². The van der Waals surface area contributed by atoms with Crippen LogP contribution in [0.5, 0.6) is 5.75 Å². The number of carbonyl (C=O) groups is 1. The van der Waals surface area contributed by atoms with Crippen molar-refractivity contribution in [2.75, 3.05) is 19.0 Å². The molecule has 0 saturated carbocycles. The summed E-state index contributed by atoms with van der Waals surface area (Å²) in [6.45, 7) is 2.86. The lowest BCUT2D eigenvalue weighted by Gasteiger charge is -2.14. The molecule has 1 aromatic carbocycles. The molecule has 1 aromatic rings. The first-order valence-corrected chi connectivity index (χ1v) is 8.21. The van der Waals surface area contributed by atoms with E-state index in [-0.39, 0.29) is 5.91 Å². The Hall–Kier alpha value is -0.550. The van der Waals surface area contributed by atoms with Gasteiger partial charge in [0.1, 0.15) is 5.75 Å². The number of benzene rings is 1. The Balaban J connectivity index is 2.60. The van der Waals surface area contributed by atoms with E-state index in [0.29, 0.717) is 18.0 Å². The molecule has 1 unspecified atom stereocenters. The maximum atomic E-state index is 12.0. The molecular formula is C14H19Br2NO2. The van der Waals surface area contributed by atoms with Crippen LogP contribution >= 0.6 is 31.9 Å². The number of hydrogen-bond acceptors (Lipinski definition) is 2. The molecular weight excluding hydrogens is 374 g/mol. The molecule has 1 rings (SSSR count). The highest BCUT2D eigenvalue weighted by Gasteiger charge is 2.11. The summed E-state index contributed by atoms with van der Waals surface area (Å²) < 4.78 is 5.93. The molecule has 3 nitrogen and oxygen atoms in total. The summed E-state index contributed by atoms with van der Waals surface area (Å²) in [5.74, 6) is 1.20. The van der Waals surface area contributed by atoms with Crippen molar-refractivity contribution in [3.05, 3.63) is 28.2 Å². The van der Waals surface area contributed by atoms with Gasteiger partial charge in [0.15, 0.2) is 0 Å². The molecule has 0 aliphatic heterocycles. The first kappa shape index (κ1) is 16.5. The van der Waals surface area contributed by atoms with Crippen LogP contribution in [0.1, 0.15) is 30.1 Å². The van der Waals surface area contributed by atoms with E-state index in [1.807, 2.05) is 0 Å². The molecule has 0 spiro atoms. The quantitative estimate of drug-likeness (QED) is 0.712. The molecule has 1 N–H and O–H groups in total. The Labute approximate surface area is 131 Å². The number of halogens is 2. The van der Waals surface area contributed by atoms with Crippen LogP contribution in [0.4, 0.5) is 0 Å². The normalized spacial score (nSPS) is 12.0. The van der Waals surface area contributed by atoms with Gasteiger partial charge in [-0.2, -0.15) is 0 Å². The third kappa shape index (κ3) is 5.15. The van der Waals surface area contributed by atoms with Gasteiger partial charge in [0.05, 0.1) is 11.6 Å². The third-order valence-electron chi connectivity index (χ3n) is 3.06. The molecule has 106 valence electrons. The van der Waals surface area contributed by atoms with E-state index >= 15 is 0 Å². The van der Waals surface area contributed by atoms with Crippen molar-refractivity contribution in [3.8, 4) is 5.75 Å². The number of ether oxygens (including phenoxy) is 1. The predicted molar refractivity (Wildman–Crippen MR) is 85.2 cm³/mol. The zero-order valence-electron chi connectivity index (χ0n) is 11.2. The molecule has 0 aliphatic carbocycles. The van der Waals surface area contributed by atoms with Crippen molar-refractivity contribution >= 4 is 37.8 Å². The van der Waals surface area contributed by atoms with Crippen LogP contribution in [0.2, 0.25) is 0 Å². The Morgan fingerprint density at radius 2 is 2.21 bits per heavy atom. The minimum Gasteiger partial charge on any atom is -0.496 e. The fraction of sp³-hybridized carbons (Fsp3) is 0.500. The fourth-order valence-corrected chi connectivity index (χ4v) is 2.94. The second kappa shape index (κ2) is 8.59. The first-order chi connectivity index (χ1) is 9.12. The lowest BCUT2D eigenvalue weighted by molar-refractivity contribution is 0.0946. The number of nitrogens with one attached hydrogen (secondary N) is 1. The smallest absolute Gasteiger partial charge is 0.251 e. The Morgan fingerprint density at radius 3 is 2.74 bits per heavy atom. The standard InChI is InChI=1S/C14H19Br2NO2/c1-3-10(6-7-15)9-17-14(18)11-4-5-13(19-2)12(16)8-11/h4-5,8,10H,3,6-7,9H2,1-2H3,(H,17,18). The van der Waals surface area contributed by atoms with Gasteiger partial charge in [0.25, 0.3) is 5.91 Å². The van der Waals surface area contributed by atoms with Crippen molar-refractivity contribution < 1.29 is 9.53 Å². The summed E-state index contributed by atoms with van der Waals surface area (Å²) in [6.07, 6.45) is 2.14. The van der Waals surface area contributed by atoms with Gasteiger partial charge in [-0.25, -0.2) is 0 Å². The maximum Gasteiger partial charge on any atom is 0.251 e. The summed E-state index contributed by atoms with van der Waals surface area (Å²) >= 11 is 6.82. The number of amides is 1. The predicted octanol–water partition coefficient (Wildman–Crippen LogP) is 4.00. The molecule has 0 radical (unpaired) electrons. The van der Waals surface area contributed by atoms with Crippen molar-refractivity contribution in [1.29, 1.82) is 0 Å². The molecule has 0 fully saturated rings. The number of rotatable bonds is 7. The van der Waals surface area contributed by atoms with Crippen LogP contribution in [-0.4, -0.2) is 24.9 Å². The summed E-state index contributed by atoms with van der Waals surface area (Å²) in [7, 11) is 1.60. The zero-order chi connectivity index (χ0) is 14.3. The molecule has 5 heteroatoms. The van der Waals surface area contributed by atoms with Gasteiger partial charge >= 0.3 is 0 Å². The molecule has 0 aliphatic rings. The van der Waals surface area contributed by atoms with Gasteiger partial charge in [-0.3, -0.25) is 4.79 Å². The topological polar surface area (TPSA) is 38.3 Å². The van der Waals surface area contributed by atoms with Crippen LogP contribution < -0.4 is 10.1 Å². The van der Waals surface area contributed by atoms with Gasteiger partial charge < -0.3 is 10.1 Å². The minimum absolute atomic E-state index is 0.0450. The first-order valence-electron chi connectivity index (χ1n) is 6.30. The SMILES string of the molecule is CCC(CCBr)CNC(=O)c1ccc(OC)c(Br)c1. The van der Waals surface area contributed by atoms with E-state index in [2.05, 4.69) is 44.1 Å². The molecule has 19 heavy (non-hydrogen) atoms. The highest BCUT2D eigenvalue weighted by atomic mass is 79.9. The van der Waals surface area contributed by atoms with E-state index in [1.54, 1.807) is 25.3 Å². The monoisotopic (exact) mass is 391 g/mol. The van der Waals surface area contributed by atoms with Crippen LogP contribution in [0.15, 0.2) is 22.7 Å². The summed E-state index contributed by atoms with van der Waals surface area (Å²) in [6, 6.07) is 5.33. The fourth-order valence-electron chi connectivity index (χ4n) is 1.75. The second-order valence-electron chi connectivity index (χ2n) is 4.31. The van der Waals surface area contributed by atoms with Gasteiger partial charge in [0.2, 0.25) is 0 Å². The Bertz CT molecular complexity index is 424. The van der Waals surface area contributed by atoms with E-state index in [0.717, 1.165) is 28.4 Å². The van der Waals surface area contributed by atoms with Gasteiger partial charge in [-0.15, -0.1) is 0 Å². The van der Waals surface area contributed by atoms with Gasteiger partial charge in [0, 0.05) is 17.4 Å². The summed E-state index contributed by atoms with van der Waals surface area (Å²) in [5.41, 5.74) is 0.640. The molecule has 0 aromatic heterocycles. The largest absolute Gasteiger partial charge is 0.496 e. The molecule has 0 heterocycles. The summed E-state index contributed by atoms with van der Waals surface area (Å²) in [5, 5.41) is 3.95. The average molecular weight is 393 g/mol. The molecule has 1 amide bonds. The van der Waals surface area contributed by atoms with Gasteiger partial charge in [-0.1, -0.05) is 29.3 Å². The van der Waals surface area contributed by atoms with E-state index in [1.165, 1.54) is 0 Å².